The van der Waals surface area contributed by atoms with Crippen LogP contribution in [0, 0.1) is 6.92 Å². The Balaban J connectivity index is 1.19. The third kappa shape index (κ3) is 6.10. The molecule has 0 unspecified atom stereocenters. The summed E-state index contributed by atoms with van der Waals surface area (Å²) in [5.41, 5.74) is 8.14. The number of ether oxygens (including phenoxy) is 1. The zero-order valence-corrected chi connectivity index (χ0v) is 26.4. The van der Waals surface area contributed by atoms with E-state index in [1.54, 1.807) is 23.5 Å². The van der Waals surface area contributed by atoms with Crippen molar-refractivity contribution < 1.29 is 14.6 Å². The molecular formula is C37H32ClN3O3S. The van der Waals surface area contributed by atoms with Gasteiger partial charge in [0.2, 0.25) is 0 Å². The third-order valence-electron chi connectivity index (χ3n) is 8.56. The minimum absolute atomic E-state index is 0.248. The maximum atomic E-state index is 11.7. The Morgan fingerprint density at radius 2 is 1.64 bits per heavy atom. The van der Waals surface area contributed by atoms with E-state index in [9.17, 15) is 9.90 Å². The predicted octanol–water partition coefficient (Wildman–Crippen LogP) is 10.2. The van der Waals surface area contributed by atoms with Crippen LogP contribution in [0.4, 0.5) is 0 Å². The maximum absolute atomic E-state index is 11.7. The Morgan fingerprint density at radius 3 is 2.36 bits per heavy atom. The molecule has 1 fully saturated rings. The van der Waals surface area contributed by atoms with Gasteiger partial charge in [0.25, 0.3) is 0 Å². The van der Waals surface area contributed by atoms with Gasteiger partial charge in [-0.05, 0) is 97.1 Å². The normalized spacial score (nSPS) is 13.7. The van der Waals surface area contributed by atoms with Crippen molar-refractivity contribution in [3.8, 4) is 39.5 Å². The van der Waals surface area contributed by atoms with Crippen LogP contribution in [0.2, 0.25) is 5.02 Å². The summed E-state index contributed by atoms with van der Waals surface area (Å²) in [4.78, 5) is 21.3. The number of benzene rings is 4. The fourth-order valence-electron chi connectivity index (χ4n) is 6.29. The molecule has 45 heavy (non-hydrogen) atoms. The molecule has 6 aromatic rings. The monoisotopic (exact) mass is 633 g/mol. The number of thiazole rings is 1. The van der Waals surface area contributed by atoms with Crippen LogP contribution in [0.5, 0.6) is 5.75 Å². The number of imidazole rings is 1. The molecule has 2 heterocycles. The van der Waals surface area contributed by atoms with E-state index in [0.29, 0.717) is 23.2 Å². The lowest BCUT2D eigenvalue weighted by atomic mass is 9.95. The lowest BCUT2D eigenvalue weighted by Crippen LogP contribution is -2.14. The van der Waals surface area contributed by atoms with Crippen molar-refractivity contribution >= 4 is 39.9 Å². The van der Waals surface area contributed by atoms with Gasteiger partial charge < -0.3 is 14.4 Å². The quantitative estimate of drug-likeness (QED) is 0.180. The van der Waals surface area contributed by atoms with Gasteiger partial charge in [-0.2, -0.15) is 0 Å². The summed E-state index contributed by atoms with van der Waals surface area (Å²) in [7, 11) is 0. The van der Waals surface area contributed by atoms with Gasteiger partial charge in [-0.1, -0.05) is 55.1 Å². The molecule has 0 radical (unpaired) electrons. The molecule has 0 aliphatic heterocycles. The zero-order chi connectivity index (χ0) is 30.9. The van der Waals surface area contributed by atoms with Gasteiger partial charge in [-0.15, -0.1) is 11.3 Å². The first-order valence-corrected chi connectivity index (χ1v) is 16.5. The minimum atomic E-state index is -0.946. The molecule has 1 aliphatic carbocycles. The number of carboxylic acids is 1. The largest absolute Gasteiger partial charge is 0.489 e. The second kappa shape index (κ2) is 12.5. The van der Waals surface area contributed by atoms with Crippen LogP contribution in [0.15, 0.2) is 90.3 Å². The second-order valence-electron chi connectivity index (χ2n) is 11.5. The number of aromatic nitrogens is 3. The summed E-state index contributed by atoms with van der Waals surface area (Å²) in [6.07, 6.45) is 5.81. The number of hydrogen-bond acceptors (Lipinski definition) is 5. The highest BCUT2D eigenvalue weighted by Crippen LogP contribution is 2.37. The first-order valence-electron chi connectivity index (χ1n) is 15.2. The van der Waals surface area contributed by atoms with Crippen LogP contribution in [-0.2, 0) is 6.61 Å². The Labute approximate surface area is 270 Å². The molecule has 6 nitrogen and oxygen atoms in total. The molecule has 0 amide bonds. The van der Waals surface area contributed by atoms with Gasteiger partial charge in [0.05, 0.1) is 27.3 Å². The average Bonchev–Trinajstić information content (AvgIpc) is 3.68. The van der Waals surface area contributed by atoms with Crippen LogP contribution in [0.3, 0.4) is 0 Å². The number of hydrogen-bond donors (Lipinski definition) is 1. The molecule has 1 aliphatic rings. The van der Waals surface area contributed by atoms with Crippen molar-refractivity contribution in [2.45, 2.75) is 51.7 Å². The van der Waals surface area contributed by atoms with Gasteiger partial charge in [-0.25, -0.2) is 14.8 Å². The van der Waals surface area contributed by atoms with Crippen molar-refractivity contribution in [1.82, 2.24) is 14.5 Å². The summed E-state index contributed by atoms with van der Waals surface area (Å²) < 4.78 is 8.70. The molecule has 7 rings (SSSR count). The fraction of sp³-hybridized carbons (Fsp3) is 0.216. The molecule has 0 atom stereocenters. The van der Waals surface area contributed by atoms with Gasteiger partial charge in [0, 0.05) is 27.6 Å². The molecule has 226 valence electrons. The highest BCUT2D eigenvalue weighted by molar-refractivity contribution is 7.09. The van der Waals surface area contributed by atoms with Crippen LogP contribution < -0.4 is 4.74 Å². The number of carbonyl (C=O) groups is 1. The van der Waals surface area contributed by atoms with E-state index in [4.69, 9.17) is 21.3 Å². The summed E-state index contributed by atoms with van der Waals surface area (Å²) in [5.74, 6) is 0.671. The summed E-state index contributed by atoms with van der Waals surface area (Å²) >= 11 is 7.82. The Kier molecular flexibility index (Phi) is 8.13. The van der Waals surface area contributed by atoms with Crippen LogP contribution in [-0.4, -0.2) is 25.6 Å². The second-order valence-corrected chi connectivity index (χ2v) is 13.0. The smallest absolute Gasteiger partial charge is 0.335 e. The topological polar surface area (TPSA) is 77.2 Å². The number of aryl methyl sites for hydroxylation is 1. The molecule has 0 saturated heterocycles. The fourth-order valence-corrected chi connectivity index (χ4v) is 7.03. The van der Waals surface area contributed by atoms with Crippen molar-refractivity contribution in [3.05, 3.63) is 111 Å². The predicted molar refractivity (Wildman–Crippen MR) is 181 cm³/mol. The lowest BCUT2D eigenvalue weighted by molar-refractivity contribution is 0.0697. The summed E-state index contributed by atoms with van der Waals surface area (Å²) in [5, 5.41) is 13.4. The lowest BCUT2D eigenvalue weighted by Gasteiger charge is -2.25. The summed E-state index contributed by atoms with van der Waals surface area (Å²) in [6.45, 7) is 2.40. The molecule has 0 bridgehead atoms. The van der Waals surface area contributed by atoms with Gasteiger partial charge in [0.15, 0.2) is 0 Å². The van der Waals surface area contributed by atoms with Crippen LogP contribution >= 0.6 is 22.9 Å². The van der Waals surface area contributed by atoms with Gasteiger partial charge >= 0.3 is 5.97 Å². The first-order chi connectivity index (χ1) is 21.9. The van der Waals surface area contributed by atoms with E-state index in [2.05, 4.69) is 33.1 Å². The average molecular weight is 634 g/mol. The number of aromatic carboxylic acids is 1. The first kappa shape index (κ1) is 29.3. The maximum Gasteiger partial charge on any atom is 0.335 e. The SMILES string of the molecule is Cc1nc(-c2ccc(-c3ccc(Cl)cc3)c(COc3ccc(-c4nc5cc(C(=O)O)ccc5n4C4CCCCC4)cc3)c2)cs1. The molecule has 4 aromatic carbocycles. The number of rotatable bonds is 8. The van der Waals surface area contributed by atoms with Crippen molar-refractivity contribution in [2.75, 3.05) is 0 Å². The number of nitrogens with zero attached hydrogens (tertiary/aromatic N) is 3. The number of halogens is 1. The molecule has 1 N–H and O–H groups in total. The highest BCUT2D eigenvalue weighted by Gasteiger charge is 2.23. The van der Waals surface area contributed by atoms with E-state index in [1.165, 1.54) is 19.3 Å². The zero-order valence-electron chi connectivity index (χ0n) is 24.9. The van der Waals surface area contributed by atoms with Crippen molar-refractivity contribution in [2.24, 2.45) is 0 Å². The minimum Gasteiger partial charge on any atom is -0.489 e. The number of carboxylic acid groups (broad SMARTS) is 1. The van der Waals surface area contributed by atoms with E-state index >= 15 is 0 Å². The van der Waals surface area contributed by atoms with Crippen LogP contribution in [0.1, 0.15) is 59.1 Å². The Hall–Kier alpha value is -4.46. The molecule has 1 saturated carbocycles. The number of fused-ring (bicyclic) bond motifs is 1. The summed E-state index contributed by atoms with van der Waals surface area (Å²) in [6, 6.07) is 27.9. The molecular weight excluding hydrogens is 602 g/mol. The standard InChI is InChI=1S/C37H32ClN3O3S/c1-23-39-34(22-45-23)26-11-17-32(24-7-13-29(38)14-8-24)28(19-26)21-44-31-15-9-25(10-16-31)36-40-33-20-27(37(42)43)12-18-35(33)41(36)30-5-3-2-4-6-30/h7-20,22,30H,2-6,21H2,1H3,(H,42,43). The van der Waals surface area contributed by atoms with E-state index in [1.807, 2.05) is 61.5 Å². The van der Waals surface area contributed by atoms with Crippen LogP contribution in [0.25, 0.3) is 44.8 Å². The van der Waals surface area contributed by atoms with Gasteiger partial charge in [-0.3, -0.25) is 0 Å². The van der Waals surface area contributed by atoms with E-state index < -0.39 is 5.97 Å². The highest BCUT2D eigenvalue weighted by atomic mass is 35.5. The third-order valence-corrected chi connectivity index (χ3v) is 9.58. The molecule has 2 aromatic heterocycles. The molecule has 8 heteroatoms. The van der Waals surface area contributed by atoms with Crippen molar-refractivity contribution in [1.29, 1.82) is 0 Å². The van der Waals surface area contributed by atoms with E-state index in [-0.39, 0.29) is 5.56 Å². The van der Waals surface area contributed by atoms with E-state index in [0.717, 1.165) is 68.5 Å². The Bertz CT molecular complexity index is 1990. The van der Waals surface area contributed by atoms with Gasteiger partial charge in [0.1, 0.15) is 18.2 Å². The Morgan fingerprint density at radius 1 is 0.911 bits per heavy atom. The van der Waals surface area contributed by atoms with Crippen molar-refractivity contribution in [3.63, 3.8) is 0 Å². The molecule has 0 spiro atoms.